The van der Waals surface area contributed by atoms with Crippen LogP contribution in [0.5, 0.6) is 0 Å². The van der Waals surface area contributed by atoms with E-state index in [4.69, 9.17) is 21.9 Å². The normalized spacial score (nSPS) is 23.5. The molecule has 8 nitrogen and oxygen atoms in total. The predicted octanol–water partition coefficient (Wildman–Crippen LogP) is 2.13. The summed E-state index contributed by atoms with van der Waals surface area (Å²) < 4.78 is 7.76. The molecule has 0 unspecified atom stereocenters. The Balaban J connectivity index is 1.56. The second-order valence-electron chi connectivity index (χ2n) is 8.76. The van der Waals surface area contributed by atoms with E-state index in [1.165, 1.54) is 11.8 Å². The fourth-order valence-electron chi connectivity index (χ4n) is 4.47. The van der Waals surface area contributed by atoms with Crippen LogP contribution in [0, 0.1) is 6.92 Å². The number of hydrogen-bond acceptors (Lipinski definition) is 8. The van der Waals surface area contributed by atoms with Crippen LogP contribution in [0.25, 0.3) is 11.7 Å². The number of pyridine rings is 1. The number of rotatable bonds is 4. The van der Waals surface area contributed by atoms with Crippen LogP contribution in [0.3, 0.4) is 0 Å². The number of aromatic nitrogens is 2. The minimum atomic E-state index is -0.179. The van der Waals surface area contributed by atoms with Crippen LogP contribution >= 0.6 is 24.0 Å². The first-order chi connectivity index (χ1) is 15.9. The highest BCUT2D eigenvalue weighted by molar-refractivity contribution is 8.26. The number of piperazine rings is 1. The molecule has 1 amide bonds. The lowest BCUT2D eigenvalue weighted by Crippen LogP contribution is -2.45. The summed E-state index contributed by atoms with van der Waals surface area (Å²) in [5.74, 6) is 0.463. The number of thiocarbonyl (C=S) groups is 1. The molecule has 0 bridgehead atoms. The Morgan fingerprint density at radius 3 is 2.79 bits per heavy atom. The van der Waals surface area contributed by atoms with Gasteiger partial charge in [0.2, 0.25) is 0 Å². The monoisotopic (exact) mass is 485 g/mol. The molecule has 0 radical (unpaired) electrons. The second kappa shape index (κ2) is 9.17. The number of nitrogens with zero attached hydrogens (tertiary/aromatic N) is 5. The van der Waals surface area contributed by atoms with Crippen molar-refractivity contribution in [2.75, 3.05) is 51.3 Å². The van der Waals surface area contributed by atoms with E-state index in [0.717, 1.165) is 51.2 Å². The molecule has 1 atom stereocenters. The summed E-state index contributed by atoms with van der Waals surface area (Å²) in [7, 11) is 2.09. The molecule has 5 heterocycles. The highest BCUT2D eigenvalue weighted by Gasteiger charge is 2.35. The topological polar surface area (TPSA) is 70.4 Å². The summed E-state index contributed by atoms with van der Waals surface area (Å²) in [6.07, 6.45) is 5.36. The number of fused-ring (bicyclic) bond motifs is 1. The van der Waals surface area contributed by atoms with Crippen molar-refractivity contribution in [2.45, 2.75) is 25.9 Å². The van der Waals surface area contributed by atoms with Crippen LogP contribution in [-0.4, -0.2) is 81.9 Å². The molecule has 2 aromatic rings. The number of ether oxygens (including phenoxy) is 1. The largest absolute Gasteiger partial charge is 0.376 e. The highest BCUT2D eigenvalue weighted by atomic mass is 32.2. The molecule has 3 saturated heterocycles. The highest BCUT2D eigenvalue weighted by Crippen LogP contribution is 2.34. The summed E-state index contributed by atoms with van der Waals surface area (Å²) in [5, 5.41) is 0. The van der Waals surface area contributed by atoms with Crippen LogP contribution in [0.15, 0.2) is 28.0 Å². The summed E-state index contributed by atoms with van der Waals surface area (Å²) in [6, 6.07) is 3.79. The minimum absolute atomic E-state index is 0.0173. The van der Waals surface area contributed by atoms with Gasteiger partial charge in [-0.25, -0.2) is 4.98 Å². The number of thioether (sulfide) groups is 1. The maximum atomic E-state index is 13.6. The van der Waals surface area contributed by atoms with Crippen LogP contribution in [0.1, 0.15) is 24.0 Å². The first-order valence-corrected chi connectivity index (χ1v) is 12.5. The fraction of sp³-hybridized carbons (Fsp3) is 0.478. The van der Waals surface area contributed by atoms with E-state index in [1.807, 2.05) is 19.1 Å². The smallest absolute Gasteiger partial charge is 0.267 e. The molecule has 2 aromatic heterocycles. The molecule has 174 valence electrons. The Morgan fingerprint density at radius 1 is 1.27 bits per heavy atom. The predicted molar refractivity (Wildman–Crippen MR) is 135 cm³/mol. The molecule has 10 heteroatoms. The summed E-state index contributed by atoms with van der Waals surface area (Å²) >= 11 is 6.74. The quantitative estimate of drug-likeness (QED) is 0.482. The van der Waals surface area contributed by atoms with Crippen LogP contribution in [0.2, 0.25) is 0 Å². The van der Waals surface area contributed by atoms with Gasteiger partial charge in [-0.2, -0.15) is 0 Å². The molecule has 0 N–H and O–H groups in total. The van der Waals surface area contributed by atoms with Gasteiger partial charge in [0.05, 0.1) is 23.1 Å². The van der Waals surface area contributed by atoms with E-state index in [0.29, 0.717) is 32.8 Å². The number of carbonyl (C=O) groups is 1. The Kier molecular flexibility index (Phi) is 6.26. The maximum Gasteiger partial charge on any atom is 0.267 e. The average Bonchev–Trinajstić information content (AvgIpc) is 3.41. The lowest BCUT2D eigenvalue weighted by molar-refractivity contribution is -0.123. The van der Waals surface area contributed by atoms with Crippen LogP contribution in [0.4, 0.5) is 5.82 Å². The summed E-state index contributed by atoms with van der Waals surface area (Å²) in [4.78, 5) is 38.2. The Morgan fingerprint density at radius 2 is 2.06 bits per heavy atom. The van der Waals surface area contributed by atoms with Crippen molar-refractivity contribution in [3.8, 4) is 0 Å². The van der Waals surface area contributed by atoms with Crippen molar-refractivity contribution in [3.05, 3.63) is 44.7 Å². The van der Waals surface area contributed by atoms with E-state index in [1.54, 1.807) is 21.6 Å². The van der Waals surface area contributed by atoms with Crippen molar-refractivity contribution in [1.29, 1.82) is 0 Å². The lowest BCUT2D eigenvalue weighted by Gasteiger charge is -2.34. The SMILES string of the molecule is Cc1cccn2c(=O)c(/C=C3\SC(=S)N(C[C@@H]4CCCO4)C3=O)c(N3CCN(C)CC3)nc12. The lowest BCUT2D eigenvalue weighted by atomic mass is 10.2. The first kappa shape index (κ1) is 22.5. The third kappa shape index (κ3) is 4.32. The van der Waals surface area contributed by atoms with Gasteiger partial charge in [0, 0.05) is 39.0 Å². The van der Waals surface area contributed by atoms with E-state index in [2.05, 4.69) is 16.8 Å². The Hall–Kier alpha value is -2.27. The number of amides is 1. The van der Waals surface area contributed by atoms with E-state index >= 15 is 0 Å². The van der Waals surface area contributed by atoms with Crippen molar-refractivity contribution in [2.24, 2.45) is 0 Å². The minimum Gasteiger partial charge on any atom is -0.376 e. The van der Waals surface area contributed by atoms with Gasteiger partial charge in [0.15, 0.2) is 0 Å². The molecule has 3 fully saturated rings. The van der Waals surface area contributed by atoms with Crippen LogP contribution < -0.4 is 10.5 Å². The Bertz CT molecular complexity index is 1200. The van der Waals surface area contributed by atoms with Gasteiger partial charge in [-0.05, 0) is 44.5 Å². The summed E-state index contributed by atoms with van der Waals surface area (Å²) in [6.45, 7) is 6.45. The zero-order valence-electron chi connectivity index (χ0n) is 18.8. The zero-order valence-corrected chi connectivity index (χ0v) is 20.5. The van der Waals surface area contributed by atoms with Gasteiger partial charge < -0.3 is 14.5 Å². The van der Waals surface area contributed by atoms with Gasteiger partial charge in [-0.15, -0.1) is 0 Å². The van der Waals surface area contributed by atoms with E-state index in [9.17, 15) is 9.59 Å². The first-order valence-electron chi connectivity index (χ1n) is 11.2. The van der Waals surface area contributed by atoms with Gasteiger partial charge >= 0.3 is 0 Å². The Labute approximate surface area is 202 Å². The average molecular weight is 486 g/mol. The maximum absolute atomic E-state index is 13.6. The summed E-state index contributed by atoms with van der Waals surface area (Å²) in [5.41, 5.74) is 1.82. The molecule has 0 saturated carbocycles. The third-order valence-electron chi connectivity index (χ3n) is 6.43. The number of likely N-dealkylation sites (N-methyl/N-ethyl adjacent to an activating group) is 1. The number of hydrogen-bond donors (Lipinski definition) is 0. The molecular weight excluding hydrogens is 458 g/mol. The standard InChI is InChI=1S/C23H27N5O3S2/c1-15-5-3-7-27-19(15)24-20(26-10-8-25(2)9-11-26)17(21(27)29)13-18-22(30)28(23(32)33-18)14-16-6-4-12-31-16/h3,5,7,13,16H,4,6,8-12,14H2,1-2H3/b18-13-/t16-/m0/s1. The van der Waals surface area contributed by atoms with Crippen molar-refractivity contribution in [3.63, 3.8) is 0 Å². The van der Waals surface area contributed by atoms with E-state index in [-0.39, 0.29) is 17.6 Å². The van der Waals surface area contributed by atoms with Crippen molar-refractivity contribution >= 4 is 51.7 Å². The van der Waals surface area contributed by atoms with Crippen LogP contribution in [-0.2, 0) is 9.53 Å². The number of carbonyl (C=O) groups excluding carboxylic acids is 1. The second-order valence-corrected chi connectivity index (χ2v) is 10.4. The van der Waals surface area contributed by atoms with Gasteiger partial charge in [-0.1, -0.05) is 30.0 Å². The van der Waals surface area contributed by atoms with E-state index < -0.39 is 0 Å². The molecule has 33 heavy (non-hydrogen) atoms. The van der Waals surface area contributed by atoms with Gasteiger partial charge in [-0.3, -0.25) is 18.9 Å². The molecule has 0 aromatic carbocycles. The van der Waals surface area contributed by atoms with Gasteiger partial charge in [0.1, 0.15) is 15.8 Å². The molecule has 5 rings (SSSR count). The molecule has 3 aliphatic rings. The number of anilines is 1. The third-order valence-corrected chi connectivity index (χ3v) is 7.80. The fourth-order valence-corrected chi connectivity index (χ4v) is 5.72. The zero-order chi connectivity index (χ0) is 23.1. The molecular formula is C23H27N5O3S2. The molecule has 0 spiro atoms. The van der Waals surface area contributed by atoms with Crippen molar-refractivity contribution in [1.82, 2.24) is 19.2 Å². The molecule has 3 aliphatic heterocycles. The molecule has 0 aliphatic carbocycles. The van der Waals surface area contributed by atoms with Gasteiger partial charge in [0.25, 0.3) is 11.5 Å². The van der Waals surface area contributed by atoms with Crippen molar-refractivity contribution < 1.29 is 9.53 Å². The number of aryl methyl sites for hydroxylation is 1.